The van der Waals surface area contributed by atoms with E-state index in [1.54, 1.807) is 11.1 Å². The number of hydrogen-bond acceptors (Lipinski definition) is 6. The summed E-state index contributed by atoms with van der Waals surface area (Å²) in [6.07, 6.45) is 7.31. The van der Waals surface area contributed by atoms with Gasteiger partial charge in [-0.2, -0.15) is 4.98 Å². The van der Waals surface area contributed by atoms with Crippen LogP contribution < -0.4 is 15.0 Å². The van der Waals surface area contributed by atoms with Gasteiger partial charge in [-0.3, -0.25) is 9.69 Å². The molecule has 32 heavy (non-hydrogen) atoms. The molecule has 1 atom stereocenters. The van der Waals surface area contributed by atoms with E-state index in [2.05, 4.69) is 27.1 Å². The lowest BCUT2D eigenvalue weighted by Crippen LogP contribution is -2.40. The summed E-state index contributed by atoms with van der Waals surface area (Å²) in [7, 11) is 0. The minimum Gasteiger partial charge on any atom is -0.493 e. The number of fused-ring (bicyclic) bond motifs is 1. The Morgan fingerprint density at radius 1 is 1.31 bits per heavy atom. The first-order valence-corrected chi connectivity index (χ1v) is 11.9. The van der Waals surface area contributed by atoms with E-state index in [-0.39, 0.29) is 11.9 Å². The van der Waals surface area contributed by atoms with Crippen LogP contribution in [0.15, 0.2) is 30.5 Å². The van der Waals surface area contributed by atoms with Crippen molar-refractivity contribution >= 4 is 17.7 Å². The van der Waals surface area contributed by atoms with E-state index in [0.29, 0.717) is 36.5 Å². The average Bonchev–Trinajstić information content (AvgIpc) is 3.25. The molecule has 4 rings (SSSR count). The third kappa shape index (κ3) is 5.38. The Bertz CT molecular complexity index is 932. The fraction of sp³-hybridized carbons (Fsp3) is 0.560. The molecule has 7 nitrogen and oxygen atoms in total. The van der Waals surface area contributed by atoms with Crippen molar-refractivity contribution in [2.24, 2.45) is 0 Å². The van der Waals surface area contributed by atoms with Crippen LogP contribution in [0.3, 0.4) is 0 Å². The molecule has 3 heterocycles. The lowest BCUT2D eigenvalue weighted by Gasteiger charge is -2.34. The first-order chi connectivity index (χ1) is 15.5. The molecule has 0 saturated carbocycles. The van der Waals surface area contributed by atoms with E-state index in [9.17, 15) is 4.79 Å². The van der Waals surface area contributed by atoms with Crippen LogP contribution in [0.1, 0.15) is 62.4 Å². The molecule has 172 valence electrons. The van der Waals surface area contributed by atoms with Gasteiger partial charge in [-0.1, -0.05) is 6.42 Å². The van der Waals surface area contributed by atoms with Crippen LogP contribution in [0.25, 0.3) is 0 Å². The maximum Gasteiger partial charge on any atom is 0.259 e. The summed E-state index contributed by atoms with van der Waals surface area (Å²) in [6, 6.07) is 8.40. The highest BCUT2D eigenvalue weighted by Gasteiger charge is 2.23. The third-order valence-electron chi connectivity index (χ3n) is 6.28. The second kappa shape index (κ2) is 10.3. The van der Waals surface area contributed by atoms with Crippen molar-refractivity contribution in [3.05, 3.63) is 41.6 Å². The number of amides is 1. The van der Waals surface area contributed by atoms with Gasteiger partial charge >= 0.3 is 0 Å². The molecule has 2 aliphatic heterocycles. The molecule has 1 fully saturated rings. The van der Waals surface area contributed by atoms with Crippen LogP contribution in [0, 0.1) is 0 Å². The number of likely N-dealkylation sites (tertiary alicyclic amines) is 1. The second-order valence-corrected chi connectivity index (χ2v) is 9.15. The SMILES string of the molecule is CC(C)Nc1nccc(N(CCCN2CCCCC2C)C(=O)c2ccc3c(c2)CCO3)n1. The van der Waals surface area contributed by atoms with Crippen LogP contribution in [0.4, 0.5) is 11.8 Å². The predicted octanol–water partition coefficient (Wildman–Crippen LogP) is 4.14. The number of aromatic nitrogens is 2. The molecule has 1 amide bonds. The molecule has 2 aliphatic rings. The van der Waals surface area contributed by atoms with E-state index in [1.807, 2.05) is 38.1 Å². The van der Waals surface area contributed by atoms with Crippen molar-refractivity contribution in [1.82, 2.24) is 14.9 Å². The largest absolute Gasteiger partial charge is 0.493 e. The quantitative estimate of drug-likeness (QED) is 0.669. The Morgan fingerprint density at radius 3 is 3.00 bits per heavy atom. The number of hydrogen-bond donors (Lipinski definition) is 1. The van der Waals surface area contributed by atoms with Gasteiger partial charge in [0.15, 0.2) is 0 Å². The van der Waals surface area contributed by atoms with Crippen LogP contribution in [0.2, 0.25) is 0 Å². The Morgan fingerprint density at radius 2 is 2.19 bits per heavy atom. The number of anilines is 2. The maximum absolute atomic E-state index is 13.6. The van der Waals surface area contributed by atoms with Gasteiger partial charge in [0, 0.05) is 43.4 Å². The number of ether oxygens (including phenoxy) is 1. The van der Waals surface area contributed by atoms with Gasteiger partial charge in [0.1, 0.15) is 11.6 Å². The Hall–Kier alpha value is -2.67. The Labute approximate surface area is 191 Å². The first kappa shape index (κ1) is 22.5. The number of carbonyl (C=O) groups is 1. The van der Waals surface area contributed by atoms with Crippen LogP contribution >= 0.6 is 0 Å². The number of piperidine rings is 1. The molecule has 0 spiro atoms. The van der Waals surface area contributed by atoms with E-state index >= 15 is 0 Å². The van der Waals surface area contributed by atoms with Crippen LogP contribution in [-0.4, -0.2) is 59.1 Å². The Balaban J connectivity index is 1.54. The molecule has 1 aromatic heterocycles. The number of nitrogens with one attached hydrogen (secondary N) is 1. The molecular formula is C25H35N5O2. The topological polar surface area (TPSA) is 70.6 Å². The molecule has 1 saturated heterocycles. The Kier molecular flexibility index (Phi) is 7.25. The smallest absolute Gasteiger partial charge is 0.259 e. The number of benzene rings is 1. The minimum absolute atomic E-state index is 0.0272. The first-order valence-electron chi connectivity index (χ1n) is 11.9. The summed E-state index contributed by atoms with van der Waals surface area (Å²) in [5, 5.41) is 3.24. The zero-order valence-electron chi connectivity index (χ0n) is 19.5. The standard InChI is InChI=1S/C25H35N5O2/c1-18(2)27-25-26-12-10-23(28-25)30(15-6-14-29-13-5-4-7-19(29)3)24(31)21-8-9-22-20(17-21)11-16-32-22/h8-10,12,17-19H,4-7,11,13-16H2,1-3H3,(H,26,27,28). The predicted molar refractivity (Wildman–Crippen MR) is 128 cm³/mol. The van der Waals surface area contributed by atoms with Gasteiger partial charge in [-0.05, 0) is 76.4 Å². The van der Waals surface area contributed by atoms with Crippen molar-refractivity contribution in [2.45, 2.75) is 65.0 Å². The van der Waals surface area contributed by atoms with Gasteiger partial charge < -0.3 is 15.0 Å². The lowest BCUT2D eigenvalue weighted by molar-refractivity contribution is 0.0983. The fourth-order valence-corrected chi connectivity index (χ4v) is 4.54. The van der Waals surface area contributed by atoms with Gasteiger partial charge in [-0.25, -0.2) is 4.98 Å². The van der Waals surface area contributed by atoms with Crippen molar-refractivity contribution in [3.8, 4) is 5.75 Å². The van der Waals surface area contributed by atoms with Crippen molar-refractivity contribution in [2.75, 3.05) is 36.5 Å². The van der Waals surface area contributed by atoms with E-state index in [1.165, 1.54) is 19.3 Å². The van der Waals surface area contributed by atoms with E-state index < -0.39 is 0 Å². The van der Waals surface area contributed by atoms with Gasteiger partial charge in [-0.15, -0.1) is 0 Å². The summed E-state index contributed by atoms with van der Waals surface area (Å²) in [5.41, 5.74) is 1.78. The summed E-state index contributed by atoms with van der Waals surface area (Å²) in [6.45, 7) is 9.84. The molecular weight excluding hydrogens is 402 g/mol. The molecule has 1 unspecified atom stereocenters. The highest BCUT2D eigenvalue weighted by Crippen LogP contribution is 2.27. The summed E-state index contributed by atoms with van der Waals surface area (Å²) < 4.78 is 5.61. The summed E-state index contributed by atoms with van der Waals surface area (Å²) >= 11 is 0. The molecule has 2 aromatic rings. The van der Waals surface area contributed by atoms with Gasteiger partial charge in [0.05, 0.1) is 6.61 Å². The molecule has 7 heteroatoms. The number of nitrogens with zero attached hydrogens (tertiary/aromatic N) is 4. The lowest BCUT2D eigenvalue weighted by atomic mass is 10.0. The molecule has 1 N–H and O–H groups in total. The normalized spacial score (nSPS) is 18.3. The maximum atomic E-state index is 13.6. The second-order valence-electron chi connectivity index (χ2n) is 9.15. The average molecular weight is 438 g/mol. The molecule has 0 aliphatic carbocycles. The molecule has 0 bridgehead atoms. The van der Waals surface area contributed by atoms with E-state index in [4.69, 9.17) is 4.74 Å². The summed E-state index contributed by atoms with van der Waals surface area (Å²) in [4.78, 5) is 26.9. The molecule has 0 radical (unpaired) electrons. The zero-order chi connectivity index (χ0) is 22.5. The highest BCUT2D eigenvalue weighted by atomic mass is 16.5. The van der Waals surface area contributed by atoms with E-state index in [0.717, 1.165) is 37.2 Å². The van der Waals surface area contributed by atoms with Crippen molar-refractivity contribution in [1.29, 1.82) is 0 Å². The van der Waals surface area contributed by atoms with Crippen LogP contribution in [0.5, 0.6) is 5.75 Å². The minimum atomic E-state index is -0.0272. The van der Waals surface area contributed by atoms with Gasteiger partial charge in [0.2, 0.25) is 5.95 Å². The zero-order valence-corrected chi connectivity index (χ0v) is 19.5. The highest BCUT2D eigenvalue weighted by molar-refractivity contribution is 6.05. The third-order valence-corrected chi connectivity index (χ3v) is 6.28. The summed E-state index contributed by atoms with van der Waals surface area (Å²) in [5.74, 6) is 2.04. The number of rotatable bonds is 8. The van der Waals surface area contributed by atoms with Crippen molar-refractivity contribution in [3.63, 3.8) is 0 Å². The van der Waals surface area contributed by atoms with Crippen LogP contribution in [-0.2, 0) is 6.42 Å². The van der Waals surface area contributed by atoms with Gasteiger partial charge in [0.25, 0.3) is 5.91 Å². The van der Waals surface area contributed by atoms with Crippen molar-refractivity contribution < 1.29 is 9.53 Å². The monoisotopic (exact) mass is 437 g/mol. The number of carbonyl (C=O) groups excluding carboxylic acids is 1. The fourth-order valence-electron chi connectivity index (χ4n) is 4.54. The molecule has 1 aromatic carbocycles.